The zero-order valence-electron chi connectivity index (χ0n) is 8.80. The van der Waals surface area contributed by atoms with Crippen LogP contribution in [-0.4, -0.2) is 31.4 Å². The number of aliphatic hydroxyl groups excluding tert-OH is 1. The van der Waals surface area contributed by atoms with Crippen molar-refractivity contribution in [3.05, 3.63) is 29.8 Å². The van der Waals surface area contributed by atoms with Crippen LogP contribution in [0.15, 0.2) is 24.3 Å². The number of amides is 1. The van der Waals surface area contributed by atoms with E-state index in [-0.39, 0.29) is 6.61 Å². The Morgan fingerprint density at radius 1 is 1.38 bits per heavy atom. The third-order valence-electron chi connectivity index (χ3n) is 1.86. The van der Waals surface area contributed by atoms with Gasteiger partial charge >= 0.3 is 0 Å². The smallest absolute Gasteiger partial charge is 0.239 e. The number of hydrogen-bond donors (Lipinski definition) is 2. The highest BCUT2D eigenvalue weighted by atomic mass is 32.2. The molecule has 0 bridgehead atoms. The van der Waals surface area contributed by atoms with E-state index in [0.717, 1.165) is 6.26 Å². The van der Waals surface area contributed by atoms with Crippen LogP contribution in [0.1, 0.15) is 5.56 Å². The Morgan fingerprint density at radius 2 is 2.00 bits per heavy atom. The van der Waals surface area contributed by atoms with Crippen LogP contribution in [0, 0.1) is 0 Å². The van der Waals surface area contributed by atoms with E-state index in [9.17, 15) is 13.2 Å². The topological polar surface area (TPSA) is 83.5 Å². The molecule has 0 aliphatic carbocycles. The SMILES string of the molecule is CS(=O)(=O)CC(=O)Nc1ccccc1CO. The van der Waals surface area contributed by atoms with Crippen molar-refractivity contribution in [2.45, 2.75) is 6.61 Å². The lowest BCUT2D eigenvalue weighted by molar-refractivity contribution is -0.113. The van der Waals surface area contributed by atoms with Gasteiger partial charge in [-0.15, -0.1) is 0 Å². The molecule has 0 saturated carbocycles. The molecule has 6 heteroatoms. The molecule has 0 unspecified atom stereocenters. The lowest BCUT2D eigenvalue weighted by atomic mass is 10.2. The minimum absolute atomic E-state index is 0.213. The van der Waals surface area contributed by atoms with Gasteiger partial charge in [-0.3, -0.25) is 4.79 Å². The van der Waals surface area contributed by atoms with Crippen LogP contribution in [0.5, 0.6) is 0 Å². The van der Waals surface area contributed by atoms with Crippen molar-refractivity contribution in [3.8, 4) is 0 Å². The number of sulfone groups is 1. The van der Waals surface area contributed by atoms with E-state index in [1.54, 1.807) is 24.3 Å². The Kier molecular flexibility index (Phi) is 4.03. The molecule has 0 aliphatic rings. The first kappa shape index (κ1) is 12.7. The summed E-state index contributed by atoms with van der Waals surface area (Å²) in [6.07, 6.45) is 0.991. The summed E-state index contributed by atoms with van der Waals surface area (Å²) in [6, 6.07) is 6.66. The minimum atomic E-state index is -3.34. The second-order valence-electron chi connectivity index (χ2n) is 3.43. The average molecular weight is 243 g/mol. The number of carbonyl (C=O) groups excluding carboxylic acids is 1. The summed E-state index contributed by atoms with van der Waals surface area (Å²) < 4.78 is 21.8. The van der Waals surface area contributed by atoms with Crippen molar-refractivity contribution < 1.29 is 18.3 Å². The summed E-state index contributed by atoms with van der Waals surface area (Å²) in [5.41, 5.74) is 0.975. The standard InChI is InChI=1S/C10H13NO4S/c1-16(14,15)7-10(13)11-9-5-3-2-4-8(9)6-12/h2-5,12H,6-7H2,1H3,(H,11,13). The van der Waals surface area contributed by atoms with E-state index in [1.807, 2.05) is 0 Å². The summed E-state index contributed by atoms with van der Waals surface area (Å²) in [5.74, 6) is -1.17. The average Bonchev–Trinajstić information content (AvgIpc) is 2.15. The molecule has 0 radical (unpaired) electrons. The molecule has 5 nitrogen and oxygen atoms in total. The Morgan fingerprint density at radius 3 is 2.56 bits per heavy atom. The minimum Gasteiger partial charge on any atom is -0.392 e. The highest BCUT2D eigenvalue weighted by Gasteiger charge is 2.12. The molecular weight excluding hydrogens is 230 g/mol. The molecule has 1 aromatic rings. The van der Waals surface area contributed by atoms with Crippen molar-refractivity contribution in [2.75, 3.05) is 17.3 Å². The first-order valence-electron chi connectivity index (χ1n) is 4.59. The van der Waals surface area contributed by atoms with Crippen LogP contribution >= 0.6 is 0 Å². The molecular formula is C10H13NO4S. The number of rotatable bonds is 4. The Labute approximate surface area is 94.0 Å². The first-order valence-corrected chi connectivity index (χ1v) is 6.65. The quantitative estimate of drug-likeness (QED) is 0.789. The number of hydrogen-bond acceptors (Lipinski definition) is 4. The molecule has 1 amide bonds. The van der Waals surface area contributed by atoms with Crippen LogP contribution in [0.4, 0.5) is 5.69 Å². The Balaban J connectivity index is 2.77. The Hall–Kier alpha value is -1.40. The van der Waals surface area contributed by atoms with Gasteiger partial charge in [-0.05, 0) is 6.07 Å². The van der Waals surface area contributed by atoms with Gasteiger partial charge in [-0.25, -0.2) is 8.42 Å². The van der Waals surface area contributed by atoms with Crippen molar-refractivity contribution >= 4 is 21.4 Å². The monoisotopic (exact) mass is 243 g/mol. The summed E-state index contributed by atoms with van der Waals surface area (Å²) >= 11 is 0. The van der Waals surface area contributed by atoms with Gasteiger partial charge in [0.05, 0.1) is 6.61 Å². The summed E-state index contributed by atoms with van der Waals surface area (Å²) in [5, 5.41) is 11.4. The highest BCUT2D eigenvalue weighted by molar-refractivity contribution is 7.91. The van der Waals surface area contributed by atoms with Gasteiger partial charge in [-0.1, -0.05) is 18.2 Å². The van der Waals surface area contributed by atoms with Gasteiger partial charge in [0.2, 0.25) is 5.91 Å². The Bertz CT molecular complexity index is 481. The zero-order chi connectivity index (χ0) is 12.2. The molecule has 0 fully saturated rings. The van der Waals surface area contributed by atoms with Crippen LogP contribution < -0.4 is 5.32 Å². The molecule has 2 N–H and O–H groups in total. The van der Waals surface area contributed by atoms with Gasteiger partial charge < -0.3 is 10.4 Å². The van der Waals surface area contributed by atoms with E-state index in [0.29, 0.717) is 11.3 Å². The van der Waals surface area contributed by atoms with Gasteiger partial charge in [0, 0.05) is 17.5 Å². The first-order chi connectivity index (χ1) is 7.42. The normalized spacial score (nSPS) is 11.1. The number of nitrogens with one attached hydrogen (secondary N) is 1. The van der Waals surface area contributed by atoms with Gasteiger partial charge in [0.15, 0.2) is 9.84 Å². The number of carbonyl (C=O) groups is 1. The van der Waals surface area contributed by atoms with Crippen LogP contribution in [-0.2, 0) is 21.2 Å². The lowest BCUT2D eigenvalue weighted by Crippen LogP contribution is -2.22. The van der Waals surface area contributed by atoms with E-state index in [2.05, 4.69) is 5.32 Å². The number of benzene rings is 1. The summed E-state index contributed by atoms with van der Waals surface area (Å²) in [7, 11) is -3.34. The largest absolute Gasteiger partial charge is 0.392 e. The van der Waals surface area contributed by atoms with E-state index >= 15 is 0 Å². The molecule has 0 saturated heterocycles. The predicted octanol–water partition coefficient (Wildman–Crippen LogP) is 0.162. The van der Waals surface area contributed by atoms with Crippen molar-refractivity contribution in [1.29, 1.82) is 0 Å². The predicted molar refractivity (Wildman–Crippen MR) is 60.7 cm³/mol. The van der Waals surface area contributed by atoms with Crippen molar-refractivity contribution in [3.63, 3.8) is 0 Å². The molecule has 0 aromatic heterocycles. The van der Waals surface area contributed by atoms with Crippen molar-refractivity contribution in [1.82, 2.24) is 0 Å². The van der Waals surface area contributed by atoms with Crippen molar-refractivity contribution in [2.24, 2.45) is 0 Å². The molecule has 16 heavy (non-hydrogen) atoms. The molecule has 0 spiro atoms. The lowest BCUT2D eigenvalue weighted by Gasteiger charge is -2.08. The maximum absolute atomic E-state index is 11.3. The third-order valence-corrected chi connectivity index (χ3v) is 2.64. The molecule has 1 rings (SSSR count). The summed E-state index contributed by atoms with van der Waals surface area (Å²) in [6.45, 7) is -0.213. The van der Waals surface area contributed by atoms with Gasteiger partial charge in [0.1, 0.15) is 5.75 Å². The van der Waals surface area contributed by atoms with E-state index in [4.69, 9.17) is 5.11 Å². The fraction of sp³-hybridized carbons (Fsp3) is 0.300. The molecule has 1 aromatic carbocycles. The van der Waals surface area contributed by atoms with E-state index < -0.39 is 21.5 Å². The number of aliphatic hydroxyl groups is 1. The fourth-order valence-electron chi connectivity index (χ4n) is 1.20. The second kappa shape index (κ2) is 5.09. The zero-order valence-corrected chi connectivity index (χ0v) is 9.62. The maximum Gasteiger partial charge on any atom is 0.239 e. The summed E-state index contributed by atoms with van der Waals surface area (Å²) in [4.78, 5) is 11.3. The second-order valence-corrected chi connectivity index (χ2v) is 5.57. The molecule has 0 atom stereocenters. The van der Waals surface area contributed by atoms with Gasteiger partial charge in [-0.2, -0.15) is 0 Å². The van der Waals surface area contributed by atoms with Crippen LogP contribution in [0.25, 0.3) is 0 Å². The molecule has 0 heterocycles. The van der Waals surface area contributed by atoms with Crippen LogP contribution in [0.2, 0.25) is 0 Å². The third kappa shape index (κ3) is 4.00. The number of para-hydroxylation sites is 1. The maximum atomic E-state index is 11.3. The highest BCUT2D eigenvalue weighted by Crippen LogP contribution is 2.14. The molecule has 0 aliphatic heterocycles. The molecule has 88 valence electrons. The van der Waals surface area contributed by atoms with Gasteiger partial charge in [0.25, 0.3) is 0 Å². The number of anilines is 1. The van der Waals surface area contributed by atoms with E-state index in [1.165, 1.54) is 0 Å². The van der Waals surface area contributed by atoms with Crippen LogP contribution in [0.3, 0.4) is 0 Å². The fourth-order valence-corrected chi connectivity index (χ4v) is 1.75.